The van der Waals surface area contributed by atoms with Crippen LogP contribution in [-0.2, 0) is 11.8 Å². The number of nitrogens with two attached hydrogens (primary N) is 1. The van der Waals surface area contributed by atoms with E-state index in [1.165, 1.54) is 5.56 Å². The number of imidazole rings is 1. The van der Waals surface area contributed by atoms with Gasteiger partial charge in [-0.25, -0.2) is 4.98 Å². The van der Waals surface area contributed by atoms with Crippen LogP contribution < -0.4 is 5.73 Å². The van der Waals surface area contributed by atoms with Crippen LogP contribution in [0.2, 0.25) is 0 Å². The lowest BCUT2D eigenvalue weighted by Gasteiger charge is -2.31. The molecule has 0 fully saturated rings. The zero-order chi connectivity index (χ0) is 12.3. The van der Waals surface area contributed by atoms with Crippen molar-refractivity contribution in [1.29, 1.82) is 0 Å². The third kappa shape index (κ3) is 2.56. The zero-order valence-corrected chi connectivity index (χ0v) is 10.4. The third-order valence-corrected chi connectivity index (χ3v) is 3.41. The molecule has 3 heteroatoms. The van der Waals surface area contributed by atoms with Crippen molar-refractivity contribution in [2.24, 2.45) is 5.73 Å². The first-order valence-corrected chi connectivity index (χ1v) is 5.90. The number of aromatic amines is 1. The maximum absolute atomic E-state index is 6.31. The molecule has 1 atom stereocenters. The largest absolute Gasteiger partial charge is 0.349 e. The van der Waals surface area contributed by atoms with Crippen molar-refractivity contribution >= 4 is 0 Å². The molecule has 1 heterocycles. The lowest BCUT2D eigenvalue weighted by atomic mass is 9.77. The van der Waals surface area contributed by atoms with Crippen LogP contribution in [-0.4, -0.2) is 16.0 Å². The molecule has 0 radical (unpaired) electrons. The maximum atomic E-state index is 6.31. The first-order valence-electron chi connectivity index (χ1n) is 5.90. The SMILES string of the molecule is CC(C)(c1ccccc1)C(N)Cc1ncc[nH]1. The molecule has 1 unspecified atom stereocenters. The second-order valence-corrected chi connectivity index (χ2v) is 4.93. The van der Waals surface area contributed by atoms with E-state index in [0.717, 1.165) is 12.2 Å². The number of nitrogens with one attached hydrogen (secondary N) is 1. The first kappa shape index (κ1) is 11.9. The van der Waals surface area contributed by atoms with Gasteiger partial charge in [0.15, 0.2) is 0 Å². The van der Waals surface area contributed by atoms with Gasteiger partial charge in [-0.05, 0) is 5.56 Å². The second kappa shape index (κ2) is 4.72. The van der Waals surface area contributed by atoms with Crippen LogP contribution >= 0.6 is 0 Å². The van der Waals surface area contributed by atoms with E-state index >= 15 is 0 Å². The molecule has 3 N–H and O–H groups in total. The fourth-order valence-electron chi connectivity index (χ4n) is 1.95. The van der Waals surface area contributed by atoms with E-state index in [2.05, 4.69) is 48.1 Å². The monoisotopic (exact) mass is 229 g/mol. The van der Waals surface area contributed by atoms with Gasteiger partial charge in [-0.15, -0.1) is 0 Å². The molecule has 3 nitrogen and oxygen atoms in total. The average Bonchev–Trinajstić information content (AvgIpc) is 2.83. The Hall–Kier alpha value is -1.61. The summed E-state index contributed by atoms with van der Waals surface area (Å²) in [5, 5.41) is 0. The van der Waals surface area contributed by atoms with Gasteiger partial charge in [-0.2, -0.15) is 0 Å². The predicted octanol–water partition coefficient (Wildman–Crippen LogP) is 2.26. The van der Waals surface area contributed by atoms with Gasteiger partial charge in [0.2, 0.25) is 0 Å². The van der Waals surface area contributed by atoms with E-state index in [-0.39, 0.29) is 11.5 Å². The Morgan fingerprint density at radius 3 is 2.59 bits per heavy atom. The number of hydrogen-bond donors (Lipinski definition) is 2. The summed E-state index contributed by atoms with van der Waals surface area (Å²) in [5.74, 6) is 0.946. The smallest absolute Gasteiger partial charge is 0.107 e. The molecule has 0 bridgehead atoms. The Morgan fingerprint density at radius 1 is 1.29 bits per heavy atom. The van der Waals surface area contributed by atoms with Gasteiger partial charge in [-0.3, -0.25) is 0 Å². The standard InChI is InChI=1S/C14H19N3/c1-14(2,11-6-4-3-5-7-11)12(15)10-13-16-8-9-17-13/h3-9,12H,10,15H2,1-2H3,(H,16,17). The van der Waals surface area contributed by atoms with Gasteiger partial charge in [0.25, 0.3) is 0 Å². The van der Waals surface area contributed by atoms with Gasteiger partial charge >= 0.3 is 0 Å². The highest BCUT2D eigenvalue weighted by Gasteiger charge is 2.28. The van der Waals surface area contributed by atoms with Crippen LogP contribution in [0.15, 0.2) is 42.7 Å². The van der Waals surface area contributed by atoms with Crippen molar-refractivity contribution in [2.75, 3.05) is 0 Å². The highest BCUT2D eigenvalue weighted by atomic mass is 14.9. The lowest BCUT2D eigenvalue weighted by molar-refractivity contribution is 0.401. The number of H-pyrrole nitrogens is 1. The molecule has 90 valence electrons. The summed E-state index contributed by atoms with van der Waals surface area (Å²) in [7, 11) is 0. The van der Waals surface area contributed by atoms with E-state index in [0.29, 0.717) is 0 Å². The van der Waals surface area contributed by atoms with Gasteiger partial charge in [0.1, 0.15) is 5.82 Å². The number of benzene rings is 1. The summed E-state index contributed by atoms with van der Waals surface area (Å²) in [6.45, 7) is 4.35. The van der Waals surface area contributed by atoms with E-state index in [4.69, 9.17) is 5.73 Å². The topological polar surface area (TPSA) is 54.7 Å². The molecular formula is C14H19N3. The fourth-order valence-corrected chi connectivity index (χ4v) is 1.95. The van der Waals surface area contributed by atoms with Crippen LogP contribution in [0.3, 0.4) is 0 Å². The molecule has 0 spiro atoms. The van der Waals surface area contributed by atoms with Gasteiger partial charge in [0, 0.05) is 30.3 Å². The van der Waals surface area contributed by atoms with Crippen LogP contribution in [0.25, 0.3) is 0 Å². The minimum atomic E-state index is -0.0615. The fraction of sp³-hybridized carbons (Fsp3) is 0.357. The van der Waals surface area contributed by atoms with E-state index in [9.17, 15) is 0 Å². The van der Waals surface area contributed by atoms with Crippen molar-refractivity contribution in [3.63, 3.8) is 0 Å². The van der Waals surface area contributed by atoms with Gasteiger partial charge in [0.05, 0.1) is 0 Å². The summed E-state index contributed by atoms with van der Waals surface area (Å²) >= 11 is 0. The van der Waals surface area contributed by atoms with Crippen molar-refractivity contribution < 1.29 is 0 Å². The van der Waals surface area contributed by atoms with Gasteiger partial charge < -0.3 is 10.7 Å². The van der Waals surface area contributed by atoms with Crippen LogP contribution in [0.5, 0.6) is 0 Å². The normalized spacial score (nSPS) is 13.6. The Labute approximate surface area is 102 Å². The van der Waals surface area contributed by atoms with Crippen molar-refractivity contribution in [1.82, 2.24) is 9.97 Å². The Morgan fingerprint density at radius 2 is 2.00 bits per heavy atom. The molecule has 1 aromatic heterocycles. The molecule has 17 heavy (non-hydrogen) atoms. The zero-order valence-electron chi connectivity index (χ0n) is 10.4. The highest BCUT2D eigenvalue weighted by Crippen LogP contribution is 2.27. The summed E-state index contributed by atoms with van der Waals surface area (Å²) in [6, 6.07) is 10.4. The summed E-state index contributed by atoms with van der Waals surface area (Å²) in [6.07, 6.45) is 4.35. The van der Waals surface area contributed by atoms with E-state index in [1.807, 2.05) is 12.3 Å². The minimum absolute atomic E-state index is 0.0380. The molecule has 0 saturated heterocycles. The highest BCUT2D eigenvalue weighted by molar-refractivity contribution is 5.26. The van der Waals surface area contributed by atoms with Crippen molar-refractivity contribution in [3.8, 4) is 0 Å². The van der Waals surface area contributed by atoms with Crippen LogP contribution in [0, 0.1) is 0 Å². The molecule has 0 aliphatic carbocycles. The molecule has 1 aromatic carbocycles. The molecule has 2 aromatic rings. The number of hydrogen-bond acceptors (Lipinski definition) is 2. The molecule has 0 saturated carbocycles. The minimum Gasteiger partial charge on any atom is -0.349 e. The van der Waals surface area contributed by atoms with E-state index < -0.39 is 0 Å². The number of nitrogens with zero attached hydrogens (tertiary/aromatic N) is 1. The summed E-state index contributed by atoms with van der Waals surface area (Å²) in [4.78, 5) is 7.33. The average molecular weight is 229 g/mol. The van der Waals surface area contributed by atoms with Crippen molar-refractivity contribution in [3.05, 3.63) is 54.1 Å². The lowest BCUT2D eigenvalue weighted by Crippen LogP contribution is -2.42. The summed E-state index contributed by atoms with van der Waals surface area (Å²) < 4.78 is 0. The number of aromatic nitrogens is 2. The maximum Gasteiger partial charge on any atom is 0.107 e. The van der Waals surface area contributed by atoms with Gasteiger partial charge in [-0.1, -0.05) is 44.2 Å². The molecular weight excluding hydrogens is 210 g/mol. The Bertz CT molecular complexity index is 446. The Balaban J connectivity index is 2.15. The molecule has 0 amide bonds. The Kier molecular flexibility index (Phi) is 3.29. The summed E-state index contributed by atoms with van der Waals surface area (Å²) in [5.41, 5.74) is 7.52. The molecule has 0 aliphatic rings. The quantitative estimate of drug-likeness (QED) is 0.845. The second-order valence-electron chi connectivity index (χ2n) is 4.93. The van der Waals surface area contributed by atoms with Crippen LogP contribution in [0.4, 0.5) is 0 Å². The molecule has 2 rings (SSSR count). The van der Waals surface area contributed by atoms with Crippen LogP contribution in [0.1, 0.15) is 25.2 Å². The molecule has 0 aliphatic heterocycles. The predicted molar refractivity (Wildman–Crippen MR) is 69.7 cm³/mol. The van der Waals surface area contributed by atoms with Crippen molar-refractivity contribution in [2.45, 2.75) is 31.7 Å². The van der Waals surface area contributed by atoms with E-state index in [1.54, 1.807) is 6.20 Å². The third-order valence-electron chi connectivity index (χ3n) is 3.41. The first-order chi connectivity index (χ1) is 8.10. The number of rotatable bonds is 4.